The first-order valence-corrected chi connectivity index (χ1v) is 8.80. The number of aromatic amines is 1. The second-order valence-electron chi connectivity index (χ2n) is 6.51. The SMILES string of the molecule is CN(CCCc1cc(-c2cccc(F)c2)n[nH]1)C(=O)Cc1cccc(F)c1. The lowest BCUT2D eigenvalue weighted by Gasteiger charge is -2.17. The van der Waals surface area contributed by atoms with Gasteiger partial charge in [-0.1, -0.05) is 24.3 Å². The summed E-state index contributed by atoms with van der Waals surface area (Å²) >= 11 is 0. The van der Waals surface area contributed by atoms with Crippen molar-refractivity contribution in [2.45, 2.75) is 19.3 Å². The van der Waals surface area contributed by atoms with E-state index < -0.39 is 0 Å². The van der Waals surface area contributed by atoms with Gasteiger partial charge in [-0.3, -0.25) is 9.89 Å². The molecule has 0 unspecified atom stereocenters. The van der Waals surface area contributed by atoms with Crippen LogP contribution >= 0.6 is 0 Å². The van der Waals surface area contributed by atoms with E-state index in [1.165, 1.54) is 24.3 Å². The molecule has 3 rings (SSSR count). The third-order valence-electron chi connectivity index (χ3n) is 4.36. The Balaban J connectivity index is 1.48. The first-order valence-electron chi connectivity index (χ1n) is 8.80. The van der Waals surface area contributed by atoms with Crippen molar-refractivity contribution >= 4 is 5.91 Å². The minimum atomic E-state index is -0.337. The van der Waals surface area contributed by atoms with Gasteiger partial charge >= 0.3 is 0 Å². The molecule has 0 radical (unpaired) electrons. The fraction of sp³-hybridized carbons (Fsp3) is 0.238. The lowest BCUT2D eigenvalue weighted by molar-refractivity contribution is -0.129. The molecule has 0 aliphatic rings. The van der Waals surface area contributed by atoms with E-state index in [-0.39, 0.29) is 24.0 Å². The number of hydrogen-bond acceptors (Lipinski definition) is 2. The van der Waals surface area contributed by atoms with Gasteiger partial charge in [0.15, 0.2) is 0 Å². The number of likely N-dealkylation sites (N-methyl/N-ethyl adjacent to an activating group) is 1. The average molecular weight is 369 g/mol. The second-order valence-corrected chi connectivity index (χ2v) is 6.51. The van der Waals surface area contributed by atoms with Crippen molar-refractivity contribution in [2.75, 3.05) is 13.6 Å². The van der Waals surface area contributed by atoms with Crippen molar-refractivity contribution < 1.29 is 13.6 Å². The third-order valence-corrected chi connectivity index (χ3v) is 4.36. The molecule has 2 aromatic carbocycles. The van der Waals surface area contributed by atoms with Crippen molar-refractivity contribution in [3.63, 3.8) is 0 Å². The Morgan fingerprint density at radius 3 is 2.56 bits per heavy atom. The molecule has 1 amide bonds. The maximum atomic E-state index is 13.3. The van der Waals surface area contributed by atoms with Crippen LogP contribution in [-0.4, -0.2) is 34.6 Å². The molecule has 1 aromatic heterocycles. The van der Waals surface area contributed by atoms with Crippen LogP contribution in [0.4, 0.5) is 8.78 Å². The molecule has 6 heteroatoms. The van der Waals surface area contributed by atoms with Crippen molar-refractivity contribution in [3.8, 4) is 11.3 Å². The lowest BCUT2D eigenvalue weighted by Crippen LogP contribution is -2.29. The van der Waals surface area contributed by atoms with E-state index in [4.69, 9.17) is 0 Å². The van der Waals surface area contributed by atoms with E-state index in [1.54, 1.807) is 30.1 Å². The Hall–Kier alpha value is -3.02. The first-order chi connectivity index (χ1) is 13.0. The van der Waals surface area contributed by atoms with Crippen LogP contribution in [0.3, 0.4) is 0 Å². The Morgan fingerprint density at radius 2 is 1.81 bits per heavy atom. The van der Waals surface area contributed by atoms with E-state index in [2.05, 4.69) is 10.2 Å². The van der Waals surface area contributed by atoms with Crippen molar-refractivity contribution in [2.24, 2.45) is 0 Å². The van der Waals surface area contributed by atoms with Crippen LogP contribution in [0.5, 0.6) is 0 Å². The third kappa shape index (κ3) is 5.23. The Kier molecular flexibility index (Phi) is 5.96. The average Bonchev–Trinajstić information content (AvgIpc) is 3.10. The molecule has 0 atom stereocenters. The van der Waals surface area contributed by atoms with Crippen LogP contribution in [0.1, 0.15) is 17.7 Å². The topological polar surface area (TPSA) is 49.0 Å². The molecule has 0 saturated carbocycles. The summed E-state index contributed by atoms with van der Waals surface area (Å²) in [5.74, 6) is -0.683. The predicted molar refractivity (Wildman–Crippen MR) is 100 cm³/mol. The highest BCUT2D eigenvalue weighted by Crippen LogP contribution is 2.19. The summed E-state index contributed by atoms with van der Waals surface area (Å²) in [6, 6.07) is 14.3. The van der Waals surface area contributed by atoms with Crippen LogP contribution in [0.2, 0.25) is 0 Å². The van der Waals surface area contributed by atoms with Crippen LogP contribution < -0.4 is 0 Å². The second kappa shape index (κ2) is 8.58. The number of nitrogens with zero attached hydrogens (tertiary/aromatic N) is 2. The predicted octanol–water partition coefficient (Wildman–Crippen LogP) is 3.99. The number of benzene rings is 2. The molecule has 1 N–H and O–H groups in total. The van der Waals surface area contributed by atoms with Gasteiger partial charge in [-0.15, -0.1) is 0 Å². The van der Waals surface area contributed by atoms with E-state index in [0.717, 1.165) is 24.1 Å². The minimum absolute atomic E-state index is 0.0503. The summed E-state index contributed by atoms with van der Waals surface area (Å²) in [4.78, 5) is 13.9. The standard InChI is InChI=1S/C21H21F2N3O/c1-26(21(27)12-15-5-2-7-17(22)11-15)10-4-9-19-14-20(25-24-19)16-6-3-8-18(23)13-16/h2-3,5-8,11,13-14H,4,9-10,12H2,1H3,(H,24,25). The Bertz CT molecular complexity index is 923. The number of amides is 1. The number of hydrogen-bond donors (Lipinski definition) is 1. The van der Waals surface area contributed by atoms with Crippen LogP contribution in [-0.2, 0) is 17.6 Å². The van der Waals surface area contributed by atoms with Gasteiger partial charge in [-0.05, 0) is 48.7 Å². The fourth-order valence-corrected chi connectivity index (χ4v) is 2.87. The zero-order chi connectivity index (χ0) is 19.2. The van der Waals surface area contributed by atoms with Gasteiger partial charge in [0, 0.05) is 24.8 Å². The molecule has 4 nitrogen and oxygen atoms in total. The van der Waals surface area contributed by atoms with Gasteiger partial charge in [-0.2, -0.15) is 5.10 Å². The molecular weight excluding hydrogens is 348 g/mol. The molecule has 0 aliphatic carbocycles. The summed E-state index contributed by atoms with van der Waals surface area (Å²) < 4.78 is 26.5. The molecule has 0 saturated heterocycles. The normalized spacial score (nSPS) is 10.8. The molecule has 0 fully saturated rings. The summed E-state index contributed by atoms with van der Waals surface area (Å²) in [5.41, 5.74) is 3.01. The van der Waals surface area contributed by atoms with Crippen LogP contribution in [0.15, 0.2) is 54.6 Å². The summed E-state index contributed by atoms with van der Waals surface area (Å²) in [7, 11) is 1.74. The Morgan fingerprint density at radius 1 is 1.07 bits per heavy atom. The van der Waals surface area contributed by atoms with E-state index >= 15 is 0 Å². The quantitative estimate of drug-likeness (QED) is 0.685. The number of carbonyl (C=O) groups is 1. The Labute approximate surface area is 156 Å². The summed E-state index contributed by atoms with van der Waals surface area (Å²) in [6.45, 7) is 0.586. The number of rotatable bonds is 7. The number of carbonyl (C=O) groups excluding carboxylic acids is 1. The molecule has 3 aromatic rings. The van der Waals surface area contributed by atoms with Crippen LogP contribution in [0.25, 0.3) is 11.3 Å². The smallest absolute Gasteiger partial charge is 0.226 e. The monoisotopic (exact) mass is 369 g/mol. The van der Waals surface area contributed by atoms with Gasteiger partial charge in [0.25, 0.3) is 0 Å². The van der Waals surface area contributed by atoms with Crippen molar-refractivity contribution in [1.29, 1.82) is 0 Å². The summed E-state index contributed by atoms with van der Waals surface area (Å²) in [6.07, 6.45) is 1.66. The first kappa shape index (κ1) is 18.8. The lowest BCUT2D eigenvalue weighted by atomic mass is 10.1. The van der Waals surface area contributed by atoms with E-state index in [1.807, 2.05) is 12.1 Å². The van der Waals surface area contributed by atoms with Crippen molar-refractivity contribution in [3.05, 3.63) is 77.5 Å². The molecule has 0 aliphatic heterocycles. The number of nitrogens with one attached hydrogen (secondary N) is 1. The van der Waals surface area contributed by atoms with Gasteiger partial charge in [0.2, 0.25) is 5.91 Å². The maximum Gasteiger partial charge on any atom is 0.226 e. The van der Waals surface area contributed by atoms with E-state index in [0.29, 0.717) is 17.8 Å². The zero-order valence-corrected chi connectivity index (χ0v) is 15.1. The molecule has 1 heterocycles. The highest BCUT2D eigenvalue weighted by atomic mass is 19.1. The molecule has 27 heavy (non-hydrogen) atoms. The molecule has 140 valence electrons. The largest absolute Gasteiger partial charge is 0.345 e. The maximum absolute atomic E-state index is 13.3. The molecule has 0 spiro atoms. The van der Waals surface area contributed by atoms with Gasteiger partial charge in [-0.25, -0.2) is 8.78 Å². The van der Waals surface area contributed by atoms with Crippen molar-refractivity contribution in [1.82, 2.24) is 15.1 Å². The number of aromatic nitrogens is 2. The summed E-state index contributed by atoms with van der Waals surface area (Å²) in [5, 5.41) is 7.17. The van der Waals surface area contributed by atoms with Gasteiger partial charge in [0.05, 0.1) is 12.1 Å². The minimum Gasteiger partial charge on any atom is -0.345 e. The highest BCUT2D eigenvalue weighted by molar-refractivity contribution is 5.78. The molecular formula is C21H21F2N3O. The van der Waals surface area contributed by atoms with Gasteiger partial charge in [0.1, 0.15) is 11.6 Å². The number of H-pyrrole nitrogens is 1. The van der Waals surface area contributed by atoms with Crippen LogP contribution in [0, 0.1) is 11.6 Å². The zero-order valence-electron chi connectivity index (χ0n) is 15.1. The van der Waals surface area contributed by atoms with Gasteiger partial charge < -0.3 is 4.90 Å². The number of aryl methyl sites for hydroxylation is 1. The number of halogens is 2. The fourth-order valence-electron chi connectivity index (χ4n) is 2.87. The molecule has 0 bridgehead atoms. The highest BCUT2D eigenvalue weighted by Gasteiger charge is 2.11. The van der Waals surface area contributed by atoms with E-state index in [9.17, 15) is 13.6 Å².